The van der Waals surface area contributed by atoms with Crippen molar-refractivity contribution >= 4 is 34.1 Å². The Labute approximate surface area is 238 Å². The van der Waals surface area contributed by atoms with Crippen molar-refractivity contribution in [1.82, 2.24) is 10.3 Å². The largest absolute Gasteiger partial charge is 0.493 e. The van der Waals surface area contributed by atoms with Gasteiger partial charge in [-0.25, -0.2) is 4.98 Å². The molecule has 0 spiro atoms. The third-order valence-corrected chi connectivity index (χ3v) is 6.17. The van der Waals surface area contributed by atoms with Gasteiger partial charge in [-0.3, -0.25) is 9.59 Å². The molecular formula is C31H34N4O6. The predicted octanol–water partition coefficient (Wildman–Crippen LogP) is 5.02. The van der Waals surface area contributed by atoms with Gasteiger partial charge in [0, 0.05) is 41.9 Å². The SMILES string of the molecule is COc1ccc(C(Oc2ccc3c(N)nccc3c2)C(=O)NCc2cc(NC(C)=O)ccc2OC(C)C)cc1OC. The van der Waals surface area contributed by atoms with Gasteiger partial charge in [-0.1, -0.05) is 6.07 Å². The van der Waals surface area contributed by atoms with E-state index in [4.69, 9.17) is 24.7 Å². The van der Waals surface area contributed by atoms with E-state index in [9.17, 15) is 9.59 Å². The molecule has 10 heteroatoms. The second-order valence-corrected chi connectivity index (χ2v) is 9.58. The number of fused-ring (bicyclic) bond motifs is 1. The second-order valence-electron chi connectivity index (χ2n) is 9.58. The van der Waals surface area contributed by atoms with Crippen LogP contribution in [0.1, 0.15) is 38.0 Å². The minimum Gasteiger partial charge on any atom is -0.493 e. The Kier molecular flexibility index (Phi) is 9.13. The van der Waals surface area contributed by atoms with Gasteiger partial charge in [0.05, 0.1) is 20.3 Å². The fourth-order valence-corrected chi connectivity index (χ4v) is 4.32. The number of hydrogen-bond acceptors (Lipinski definition) is 8. The third kappa shape index (κ3) is 7.16. The Morgan fingerprint density at radius 2 is 1.66 bits per heavy atom. The second kappa shape index (κ2) is 12.9. The van der Waals surface area contributed by atoms with Gasteiger partial charge in [0.2, 0.25) is 12.0 Å². The Hall–Kier alpha value is -4.99. The van der Waals surface area contributed by atoms with Crippen LogP contribution in [0.2, 0.25) is 0 Å². The monoisotopic (exact) mass is 558 g/mol. The average Bonchev–Trinajstić information content (AvgIpc) is 2.95. The van der Waals surface area contributed by atoms with Gasteiger partial charge in [0.1, 0.15) is 17.3 Å². The summed E-state index contributed by atoms with van der Waals surface area (Å²) in [7, 11) is 3.07. The number of carbonyl (C=O) groups is 2. The third-order valence-electron chi connectivity index (χ3n) is 6.17. The molecule has 0 bridgehead atoms. The van der Waals surface area contributed by atoms with E-state index in [1.54, 1.807) is 67.9 Å². The van der Waals surface area contributed by atoms with Gasteiger partial charge in [-0.2, -0.15) is 0 Å². The zero-order valence-electron chi connectivity index (χ0n) is 23.7. The molecular weight excluding hydrogens is 524 g/mol. The van der Waals surface area contributed by atoms with Crippen molar-refractivity contribution in [2.24, 2.45) is 0 Å². The molecule has 4 rings (SSSR count). The highest BCUT2D eigenvalue weighted by Crippen LogP contribution is 2.33. The number of pyridine rings is 1. The molecule has 1 unspecified atom stereocenters. The van der Waals surface area contributed by atoms with Gasteiger partial charge in [0.25, 0.3) is 5.91 Å². The first-order valence-electron chi connectivity index (χ1n) is 13.1. The normalized spacial score (nSPS) is 11.6. The first-order valence-corrected chi connectivity index (χ1v) is 13.1. The number of amides is 2. The molecule has 0 aliphatic heterocycles. The lowest BCUT2D eigenvalue weighted by molar-refractivity contribution is -0.128. The van der Waals surface area contributed by atoms with Crippen LogP contribution in [-0.4, -0.2) is 37.1 Å². The molecule has 2 amide bonds. The average molecular weight is 559 g/mol. The molecule has 1 heterocycles. The van der Waals surface area contributed by atoms with E-state index in [0.717, 1.165) is 10.8 Å². The number of carbonyl (C=O) groups excluding carboxylic acids is 2. The number of anilines is 2. The number of nitrogen functional groups attached to an aromatic ring is 1. The van der Waals surface area contributed by atoms with Crippen LogP contribution in [0.4, 0.5) is 11.5 Å². The van der Waals surface area contributed by atoms with Crippen molar-refractivity contribution < 1.29 is 28.5 Å². The van der Waals surface area contributed by atoms with Crippen LogP contribution in [0.15, 0.2) is 66.9 Å². The maximum Gasteiger partial charge on any atom is 0.266 e. The molecule has 0 saturated carbocycles. The van der Waals surface area contributed by atoms with Crippen molar-refractivity contribution in [2.75, 3.05) is 25.3 Å². The summed E-state index contributed by atoms with van der Waals surface area (Å²) < 4.78 is 23.1. The van der Waals surface area contributed by atoms with E-state index in [0.29, 0.717) is 45.6 Å². The smallest absolute Gasteiger partial charge is 0.266 e. The zero-order chi connectivity index (χ0) is 29.5. The van der Waals surface area contributed by atoms with Crippen LogP contribution < -0.4 is 35.3 Å². The van der Waals surface area contributed by atoms with Crippen molar-refractivity contribution in [2.45, 2.75) is 39.5 Å². The number of methoxy groups -OCH3 is 2. The Balaban J connectivity index is 1.66. The van der Waals surface area contributed by atoms with Crippen LogP contribution in [0, 0.1) is 0 Å². The summed E-state index contributed by atoms with van der Waals surface area (Å²) in [6.45, 7) is 5.39. The molecule has 41 heavy (non-hydrogen) atoms. The number of nitrogens with one attached hydrogen (secondary N) is 2. The van der Waals surface area contributed by atoms with Crippen molar-refractivity contribution in [1.29, 1.82) is 0 Å². The van der Waals surface area contributed by atoms with E-state index < -0.39 is 12.0 Å². The molecule has 1 atom stereocenters. The fourth-order valence-electron chi connectivity index (χ4n) is 4.32. The van der Waals surface area contributed by atoms with Crippen molar-refractivity contribution in [3.8, 4) is 23.0 Å². The van der Waals surface area contributed by atoms with Crippen molar-refractivity contribution in [3.05, 3.63) is 78.0 Å². The molecule has 0 aliphatic carbocycles. The molecule has 0 fully saturated rings. The van der Waals surface area contributed by atoms with E-state index >= 15 is 0 Å². The molecule has 0 saturated heterocycles. The zero-order valence-corrected chi connectivity index (χ0v) is 23.7. The van der Waals surface area contributed by atoms with E-state index in [1.807, 2.05) is 19.9 Å². The quantitative estimate of drug-likeness (QED) is 0.234. The van der Waals surface area contributed by atoms with E-state index in [-0.39, 0.29) is 18.6 Å². The first-order chi connectivity index (χ1) is 19.7. The summed E-state index contributed by atoms with van der Waals surface area (Å²) in [5.41, 5.74) is 7.85. The number of nitrogens with zero attached hydrogens (tertiary/aromatic N) is 1. The van der Waals surface area contributed by atoms with E-state index in [2.05, 4.69) is 15.6 Å². The number of hydrogen-bond donors (Lipinski definition) is 3. The number of nitrogens with two attached hydrogens (primary N) is 1. The number of ether oxygens (including phenoxy) is 4. The minimum atomic E-state index is -1.04. The lowest BCUT2D eigenvalue weighted by atomic mass is 10.1. The molecule has 10 nitrogen and oxygen atoms in total. The topological polar surface area (TPSA) is 134 Å². The highest BCUT2D eigenvalue weighted by atomic mass is 16.5. The maximum absolute atomic E-state index is 13.7. The number of aromatic nitrogens is 1. The van der Waals surface area contributed by atoms with Crippen molar-refractivity contribution in [3.63, 3.8) is 0 Å². The molecule has 0 aliphatic rings. The molecule has 0 radical (unpaired) electrons. The Morgan fingerprint density at radius 3 is 2.37 bits per heavy atom. The lowest BCUT2D eigenvalue weighted by Gasteiger charge is -2.22. The minimum absolute atomic E-state index is 0.0870. The van der Waals surface area contributed by atoms with Gasteiger partial charge in [0.15, 0.2) is 11.5 Å². The molecule has 3 aromatic carbocycles. The highest BCUT2D eigenvalue weighted by Gasteiger charge is 2.25. The van der Waals surface area contributed by atoms with Gasteiger partial charge >= 0.3 is 0 Å². The molecule has 1 aromatic heterocycles. The van der Waals surface area contributed by atoms with Crippen LogP contribution in [0.5, 0.6) is 23.0 Å². The number of benzene rings is 3. The summed E-state index contributed by atoms with van der Waals surface area (Å²) in [5, 5.41) is 7.34. The summed E-state index contributed by atoms with van der Waals surface area (Å²) in [6.07, 6.45) is 0.488. The highest BCUT2D eigenvalue weighted by molar-refractivity contribution is 5.92. The lowest BCUT2D eigenvalue weighted by Crippen LogP contribution is -2.32. The van der Waals surface area contributed by atoms with Crippen LogP contribution >= 0.6 is 0 Å². The Morgan fingerprint density at radius 1 is 0.902 bits per heavy atom. The summed E-state index contributed by atoms with van der Waals surface area (Å²) in [6, 6.07) is 17.6. The first kappa shape index (κ1) is 29.0. The van der Waals surface area contributed by atoms with Crippen LogP contribution in [0.3, 0.4) is 0 Å². The van der Waals surface area contributed by atoms with Crippen LogP contribution in [-0.2, 0) is 16.1 Å². The maximum atomic E-state index is 13.7. The fraction of sp³-hybridized carbons (Fsp3) is 0.258. The molecule has 4 aromatic rings. The summed E-state index contributed by atoms with van der Waals surface area (Å²) >= 11 is 0. The van der Waals surface area contributed by atoms with Gasteiger partial charge < -0.3 is 35.3 Å². The number of rotatable bonds is 11. The van der Waals surface area contributed by atoms with Crippen LogP contribution in [0.25, 0.3) is 10.8 Å². The summed E-state index contributed by atoms with van der Waals surface area (Å²) in [4.78, 5) is 29.5. The van der Waals surface area contributed by atoms with E-state index in [1.165, 1.54) is 14.0 Å². The van der Waals surface area contributed by atoms with Gasteiger partial charge in [-0.15, -0.1) is 0 Å². The Bertz CT molecular complexity index is 1560. The standard InChI is InChI=1S/C31H34N4O6/c1-18(2)40-26-11-7-23(35-19(3)36)14-22(26)17-34-31(37)29(21-6-10-27(38-4)28(16-21)39-5)41-24-8-9-25-20(15-24)12-13-33-30(25)32/h6-16,18,29H,17H2,1-5H3,(H2,32,33)(H,34,37)(H,35,36). The summed E-state index contributed by atoms with van der Waals surface area (Å²) in [5.74, 6) is 1.85. The molecule has 4 N–H and O–H groups in total. The molecule has 214 valence electrons. The predicted molar refractivity (Wildman–Crippen MR) is 157 cm³/mol. The van der Waals surface area contributed by atoms with Gasteiger partial charge in [-0.05, 0) is 73.8 Å².